The van der Waals surface area contributed by atoms with Crippen molar-refractivity contribution in [2.75, 3.05) is 6.54 Å². The van der Waals surface area contributed by atoms with Crippen molar-refractivity contribution in [1.82, 2.24) is 5.32 Å². The maximum absolute atomic E-state index is 6.05. The van der Waals surface area contributed by atoms with E-state index in [1.165, 1.54) is 0 Å². The fourth-order valence-electron chi connectivity index (χ4n) is 1.24. The van der Waals surface area contributed by atoms with Crippen LogP contribution in [0.5, 0.6) is 0 Å². The summed E-state index contributed by atoms with van der Waals surface area (Å²) in [6, 6.07) is 6.26. The third-order valence-electron chi connectivity index (χ3n) is 1.98. The van der Waals surface area contributed by atoms with Gasteiger partial charge < -0.3 is 5.32 Å². The Kier molecular flexibility index (Phi) is 4.73. The Bertz CT molecular complexity index is 297. The molecule has 1 nitrogen and oxygen atoms in total. The Hall–Kier alpha value is -0.240. The average molecular weight is 232 g/mol. The van der Waals surface area contributed by atoms with Gasteiger partial charge in [-0.05, 0) is 24.6 Å². The van der Waals surface area contributed by atoms with Gasteiger partial charge in [0.1, 0.15) is 0 Å². The molecule has 0 aromatic heterocycles. The number of hydrogen-bond donors (Lipinski definition) is 1. The maximum atomic E-state index is 6.05. The van der Waals surface area contributed by atoms with Crippen molar-refractivity contribution in [2.45, 2.75) is 26.3 Å². The lowest BCUT2D eigenvalue weighted by Gasteiger charge is -2.09. The lowest BCUT2D eigenvalue weighted by molar-refractivity contribution is 0.590. The molecule has 1 aromatic carbocycles. The van der Waals surface area contributed by atoms with Gasteiger partial charge in [0.2, 0.25) is 0 Å². The van der Waals surface area contributed by atoms with E-state index in [2.05, 4.69) is 19.2 Å². The zero-order valence-electron chi connectivity index (χ0n) is 8.48. The first-order valence-electron chi connectivity index (χ1n) is 4.77. The summed E-state index contributed by atoms with van der Waals surface area (Å²) in [7, 11) is 0. The zero-order chi connectivity index (χ0) is 10.6. The van der Waals surface area contributed by atoms with Gasteiger partial charge in [0.05, 0.1) is 10.0 Å². The molecule has 0 spiro atoms. The summed E-state index contributed by atoms with van der Waals surface area (Å²) in [6.45, 7) is 5.18. The second-order valence-electron chi connectivity index (χ2n) is 3.57. The molecule has 78 valence electrons. The summed E-state index contributed by atoms with van der Waals surface area (Å²) >= 11 is 12.0. The van der Waals surface area contributed by atoms with Gasteiger partial charge in [-0.25, -0.2) is 0 Å². The molecule has 0 saturated carbocycles. The summed E-state index contributed by atoms with van der Waals surface area (Å²) in [5.41, 5.74) is 1.10. The third kappa shape index (κ3) is 3.49. The molecule has 1 rings (SSSR count). The number of rotatable bonds is 4. The molecule has 0 aliphatic heterocycles. The molecule has 0 unspecified atom stereocenters. The largest absolute Gasteiger partial charge is 0.314 e. The molecule has 0 amide bonds. The van der Waals surface area contributed by atoms with Crippen LogP contribution in [-0.4, -0.2) is 12.6 Å². The molecule has 0 bridgehead atoms. The van der Waals surface area contributed by atoms with Gasteiger partial charge in [0.25, 0.3) is 0 Å². The highest BCUT2D eigenvalue weighted by atomic mass is 35.5. The van der Waals surface area contributed by atoms with E-state index in [9.17, 15) is 0 Å². The first-order valence-corrected chi connectivity index (χ1v) is 5.53. The first-order chi connectivity index (χ1) is 6.61. The molecule has 0 fully saturated rings. The summed E-state index contributed by atoms with van der Waals surface area (Å²) in [5, 5.41) is 4.65. The predicted octanol–water partition coefficient (Wildman–Crippen LogP) is 3.53. The van der Waals surface area contributed by atoms with Gasteiger partial charge in [0.15, 0.2) is 0 Å². The number of hydrogen-bond acceptors (Lipinski definition) is 1. The van der Waals surface area contributed by atoms with Crippen LogP contribution in [-0.2, 0) is 6.42 Å². The van der Waals surface area contributed by atoms with Gasteiger partial charge in [-0.1, -0.05) is 49.2 Å². The van der Waals surface area contributed by atoms with E-state index in [1.807, 2.05) is 18.2 Å². The highest BCUT2D eigenvalue weighted by molar-refractivity contribution is 6.42. The Balaban J connectivity index is 2.54. The van der Waals surface area contributed by atoms with Gasteiger partial charge in [-0.3, -0.25) is 0 Å². The van der Waals surface area contributed by atoms with Crippen molar-refractivity contribution in [3.63, 3.8) is 0 Å². The van der Waals surface area contributed by atoms with Crippen molar-refractivity contribution in [1.29, 1.82) is 0 Å². The normalized spacial score (nSPS) is 10.9. The molecule has 0 saturated heterocycles. The highest BCUT2D eigenvalue weighted by Gasteiger charge is 2.03. The molecule has 0 aliphatic carbocycles. The molecule has 3 heteroatoms. The SMILES string of the molecule is CC(C)NCCc1cccc(Cl)c1Cl. The van der Waals surface area contributed by atoms with E-state index in [0.29, 0.717) is 16.1 Å². The zero-order valence-corrected chi connectivity index (χ0v) is 9.99. The van der Waals surface area contributed by atoms with Crippen LogP contribution < -0.4 is 5.32 Å². The summed E-state index contributed by atoms with van der Waals surface area (Å²) in [5.74, 6) is 0. The highest BCUT2D eigenvalue weighted by Crippen LogP contribution is 2.25. The smallest absolute Gasteiger partial charge is 0.0624 e. The number of nitrogens with one attached hydrogen (secondary N) is 1. The van der Waals surface area contributed by atoms with E-state index < -0.39 is 0 Å². The molecule has 0 radical (unpaired) electrons. The summed E-state index contributed by atoms with van der Waals surface area (Å²) < 4.78 is 0. The van der Waals surface area contributed by atoms with Crippen LogP contribution in [0.1, 0.15) is 19.4 Å². The first kappa shape index (κ1) is 11.8. The lowest BCUT2D eigenvalue weighted by atomic mass is 10.1. The molecule has 0 atom stereocenters. The second-order valence-corrected chi connectivity index (χ2v) is 4.36. The topological polar surface area (TPSA) is 12.0 Å². The Labute approximate surface area is 95.4 Å². The molecular formula is C11H15Cl2N. The minimum atomic E-state index is 0.507. The van der Waals surface area contributed by atoms with Gasteiger partial charge in [0, 0.05) is 6.04 Å². The van der Waals surface area contributed by atoms with Crippen LogP contribution in [0.3, 0.4) is 0 Å². The Morgan fingerprint density at radius 2 is 2.00 bits per heavy atom. The van der Waals surface area contributed by atoms with Crippen molar-refractivity contribution in [3.05, 3.63) is 33.8 Å². The third-order valence-corrected chi connectivity index (χ3v) is 2.84. The van der Waals surface area contributed by atoms with Crippen molar-refractivity contribution in [3.8, 4) is 0 Å². The van der Waals surface area contributed by atoms with E-state index in [0.717, 1.165) is 18.5 Å². The van der Waals surface area contributed by atoms with Crippen molar-refractivity contribution in [2.24, 2.45) is 0 Å². The maximum Gasteiger partial charge on any atom is 0.0624 e. The molecule has 1 aromatic rings. The van der Waals surface area contributed by atoms with Crippen LogP contribution in [0.15, 0.2) is 18.2 Å². The van der Waals surface area contributed by atoms with Crippen molar-refractivity contribution < 1.29 is 0 Å². The number of halogens is 2. The molecule has 0 heterocycles. The second kappa shape index (κ2) is 5.59. The predicted molar refractivity (Wildman–Crippen MR) is 63.3 cm³/mol. The summed E-state index contributed by atoms with van der Waals surface area (Å²) in [4.78, 5) is 0. The quantitative estimate of drug-likeness (QED) is 0.837. The van der Waals surface area contributed by atoms with E-state index in [1.54, 1.807) is 0 Å². The molecule has 1 N–H and O–H groups in total. The summed E-state index contributed by atoms with van der Waals surface area (Å²) in [6.07, 6.45) is 0.914. The van der Waals surface area contributed by atoms with E-state index >= 15 is 0 Å². The minimum absolute atomic E-state index is 0.507. The minimum Gasteiger partial charge on any atom is -0.314 e. The van der Waals surface area contributed by atoms with Crippen LogP contribution in [0.4, 0.5) is 0 Å². The fourth-order valence-corrected chi connectivity index (χ4v) is 1.65. The fraction of sp³-hybridized carbons (Fsp3) is 0.455. The molecule has 0 aliphatic rings. The van der Waals surface area contributed by atoms with Crippen LogP contribution in [0.25, 0.3) is 0 Å². The van der Waals surface area contributed by atoms with Crippen LogP contribution in [0, 0.1) is 0 Å². The van der Waals surface area contributed by atoms with Crippen molar-refractivity contribution >= 4 is 23.2 Å². The molecular weight excluding hydrogens is 217 g/mol. The lowest BCUT2D eigenvalue weighted by Crippen LogP contribution is -2.25. The Morgan fingerprint density at radius 1 is 1.29 bits per heavy atom. The average Bonchev–Trinajstić information content (AvgIpc) is 2.12. The van der Waals surface area contributed by atoms with E-state index in [-0.39, 0.29) is 0 Å². The monoisotopic (exact) mass is 231 g/mol. The number of benzene rings is 1. The molecule has 14 heavy (non-hydrogen) atoms. The van der Waals surface area contributed by atoms with E-state index in [4.69, 9.17) is 23.2 Å². The standard InChI is InChI=1S/C11H15Cl2N/c1-8(2)14-7-6-9-4-3-5-10(12)11(9)13/h3-5,8,14H,6-7H2,1-2H3. The van der Waals surface area contributed by atoms with Gasteiger partial charge >= 0.3 is 0 Å². The van der Waals surface area contributed by atoms with Crippen LogP contribution >= 0.6 is 23.2 Å². The van der Waals surface area contributed by atoms with Gasteiger partial charge in [-0.15, -0.1) is 0 Å². The Morgan fingerprint density at radius 3 is 2.64 bits per heavy atom. The van der Waals surface area contributed by atoms with Crippen LogP contribution in [0.2, 0.25) is 10.0 Å². The van der Waals surface area contributed by atoms with Gasteiger partial charge in [-0.2, -0.15) is 0 Å².